The first-order chi connectivity index (χ1) is 23.1. The van der Waals surface area contributed by atoms with Crippen molar-refractivity contribution in [2.24, 2.45) is 0 Å². The van der Waals surface area contributed by atoms with Crippen molar-refractivity contribution in [3.8, 4) is 17.2 Å². The minimum atomic E-state index is -4.20. The average Bonchev–Trinajstić information content (AvgIpc) is 3.04. The van der Waals surface area contributed by atoms with Crippen molar-refractivity contribution in [3.05, 3.63) is 83.9 Å². The molecule has 0 heterocycles. The Bertz CT molecular complexity index is 1410. The third-order valence-electron chi connectivity index (χ3n) is 7.21. The molecule has 260 valence electrons. The van der Waals surface area contributed by atoms with E-state index in [0.29, 0.717) is 41.7 Å². The number of unbranched alkanes of at least 4 members (excludes halogenated alkanes) is 8. The van der Waals surface area contributed by atoms with Crippen LogP contribution in [0.4, 0.5) is 24.5 Å². The number of halogens is 3. The molecule has 3 rings (SSSR count). The van der Waals surface area contributed by atoms with Gasteiger partial charge in [-0.1, -0.05) is 57.1 Å². The molecule has 11 heteroatoms. The maximum absolute atomic E-state index is 12.2. The van der Waals surface area contributed by atoms with Crippen LogP contribution in [0.15, 0.2) is 72.8 Å². The molecular formula is C37H45F3N2O6. The SMILES string of the molecule is Nc1cc(N)cc(C(=O)OCCCCCCCCCCCOc2ccc(C=CC(=O)Oc3ccc(OCCCC(F)(F)F)cc3)cc2)c1. The summed E-state index contributed by atoms with van der Waals surface area (Å²) in [5, 5.41) is 0. The average molecular weight is 671 g/mol. The number of hydrogen-bond donors (Lipinski definition) is 2. The molecule has 0 fully saturated rings. The number of carbonyl (C=O) groups is 2. The summed E-state index contributed by atoms with van der Waals surface area (Å²) >= 11 is 0. The van der Waals surface area contributed by atoms with Crippen molar-refractivity contribution in [1.29, 1.82) is 0 Å². The van der Waals surface area contributed by atoms with Crippen LogP contribution in [0.3, 0.4) is 0 Å². The lowest BCUT2D eigenvalue weighted by atomic mass is 10.1. The van der Waals surface area contributed by atoms with E-state index in [-0.39, 0.29) is 13.0 Å². The molecule has 8 nitrogen and oxygen atoms in total. The third-order valence-corrected chi connectivity index (χ3v) is 7.21. The molecule has 0 aromatic heterocycles. The fourth-order valence-electron chi connectivity index (χ4n) is 4.73. The van der Waals surface area contributed by atoms with Crippen LogP contribution >= 0.6 is 0 Å². The van der Waals surface area contributed by atoms with Crippen molar-refractivity contribution in [2.75, 3.05) is 31.3 Å². The molecule has 0 saturated carbocycles. The molecule has 0 radical (unpaired) electrons. The van der Waals surface area contributed by atoms with Crippen molar-refractivity contribution in [2.45, 2.75) is 76.8 Å². The Labute approximate surface area is 280 Å². The van der Waals surface area contributed by atoms with Gasteiger partial charge in [0, 0.05) is 23.9 Å². The van der Waals surface area contributed by atoms with E-state index in [1.54, 1.807) is 24.3 Å². The lowest BCUT2D eigenvalue weighted by Crippen LogP contribution is -2.09. The monoisotopic (exact) mass is 670 g/mol. The molecule has 0 aliphatic heterocycles. The van der Waals surface area contributed by atoms with Crippen LogP contribution in [0, 0.1) is 0 Å². The quantitative estimate of drug-likeness (QED) is 0.0379. The number of nitrogen functional groups attached to an aromatic ring is 2. The van der Waals surface area contributed by atoms with E-state index in [9.17, 15) is 22.8 Å². The van der Waals surface area contributed by atoms with E-state index >= 15 is 0 Å². The molecular weight excluding hydrogens is 625 g/mol. The van der Waals surface area contributed by atoms with Crippen LogP contribution in [0.1, 0.15) is 86.6 Å². The molecule has 0 aliphatic rings. The number of rotatable bonds is 21. The molecule has 3 aromatic rings. The van der Waals surface area contributed by atoms with Gasteiger partial charge in [-0.2, -0.15) is 13.2 Å². The van der Waals surface area contributed by atoms with Gasteiger partial charge in [-0.3, -0.25) is 0 Å². The Morgan fingerprint density at radius 2 is 1.10 bits per heavy atom. The van der Waals surface area contributed by atoms with Gasteiger partial charge < -0.3 is 30.4 Å². The summed E-state index contributed by atoms with van der Waals surface area (Å²) < 4.78 is 58.3. The molecule has 0 spiro atoms. The van der Waals surface area contributed by atoms with Gasteiger partial charge in [0.2, 0.25) is 0 Å². The second kappa shape index (κ2) is 20.5. The standard InChI is InChI=1S/C37H45F3N2O6/c38-37(39,40)21-10-24-46-33-16-18-34(19-17-33)48-35(43)20-13-28-11-14-32(15-12-28)45-22-8-6-4-2-1-3-5-7-9-23-47-36(44)29-25-30(41)27-31(42)26-29/h11-20,25-27H,1-10,21-24,41-42H2. The van der Waals surface area contributed by atoms with Crippen molar-refractivity contribution in [1.82, 2.24) is 0 Å². The predicted octanol–water partition coefficient (Wildman–Crippen LogP) is 8.94. The van der Waals surface area contributed by atoms with Crippen molar-refractivity contribution < 1.29 is 41.7 Å². The van der Waals surface area contributed by atoms with Crippen LogP contribution in [0.2, 0.25) is 0 Å². The highest BCUT2D eigenvalue weighted by Gasteiger charge is 2.26. The summed E-state index contributed by atoms with van der Waals surface area (Å²) in [6, 6.07) is 18.3. The number of hydrogen-bond acceptors (Lipinski definition) is 8. The van der Waals surface area contributed by atoms with Crippen molar-refractivity contribution >= 4 is 29.4 Å². The van der Waals surface area contributed by atoms with Gasteiger partial charge in [0.05, 0.1) is 25.4 Å². The van der Waals surface area contributed by atoms with Crippen LogP contribution in [-0.2, 0) is 9.53 Å². The van der Waals surface area contributed by atoms with Crippen LogP contribution in [0.5, 0.6) is 17.2 Å². The highest BCUT2D eigenvalue weighted by molar-refractivity contribution is 5.91. The number of anilines is 2. The Morgan fingerprint density at radius 1 is 0.625 bits per heavy atom. The second-order valence-corrected chi connectivity index (χ2v) is 11.4. The molecule has 4 N–H and O–H groups in total. The Balaban J connectivity index is 1.17. The molecule has 48 heavy (non-hydrogen) atoms. The third kappa shape index (κ3) is 16.2. The molecule has 0 saturated heterocycles. The summed E-state index contributed by atoms with van der Waals surface area (Å²) in [7, 11) is 0. The van der Waals surface area contributed by atoms with E-state index in [4.69, 9.17) is 30.4 Å². The topological polar surface area (TPSA) is 123 Å². The summed E-state index contributed by atoms with van der Waals surface area (Å²) in [4.78, 5) is 24.3. The minimum absolute atomic E-state index is 0.0530. The summed E-state index contributed by atoms with van der Waals surface area (Å²) in [5.74, 6) is 0.499. The summed E-state index contributed by atoms with van der Waals surface area (Å²) in [6.07, 6.45) is 7.46. The number of nitrogens with two attached hydrogens (primary N) is 2. The number of esters is 2. The predicted molar refractivity (Wildman–Crippen MR) is 181 cm³/mol. The molecule has 0 bridgehead atoms. The van der Waals surface area contributed by atoms with E-state index < -0.39 is 24.5 Å². The molecule has 0 amide bonds. The van der Waals surface area contributed by atoms with Gasteiger partial charge in [-0.25, -0.2) is 9.59 Å². The van der Waals surface area contributed by atoms with Gasteiger partial charge in [0.25, 0.3) is 0 Å². The highest BCUT2D eigenvalue weighted by atomic mass is 19.4. The van der Waals surface area contributed by atoms with Gasteiger partial charge >= 0.3 is 18.1 Å². The number of carbonyl (C=O) groups excluding carboxylic acids is 2. The van der Waals surface area contributed by atoms with E-state index in [2.05, 4.69) is 0 Å². The second-order valence-electron chi connectivity index (χ2n) is 11.4. The fraction of sp³-hybridized carbons (Fsp3) is 0.405. The zero-order chi connectivity index (χ0) is 34.6. The summed E-state index contributed by atoms with van der Waals surface area (Å²) in [6.45, 7) is 0.975. The number of benzene rings is 3. The molecule has 0 atom stereocenters. The zero-order valence-electron chi connectivity index (χ0n) is 27.1. The van der Waals surface area contributed by atoms with Crippen LogP contribution < -0.4 is 25.7 Å². The largest absolute Gasteiger partial charge is 0.494 e. The van der Waals surface area contributed by atoms with Gasteiger partial charge in [0.1, 0.15) is 17.2 Å². The lowest BCUT2D eigenvalue weighted by molar-refractivity contribution is -0.136. The smallest absolute Gasteiger partial charge is 0.389 e. The van der Waals surface area contributed by atoms with E-state index in [1.165, 1.54) is 43.2 Å². The number of ether oxygens (including phenoxy) is 4. The molecule has 0 unspecified atom stereocenters. The highest BCUT2D eigenvalue weighted by Crippen LogP contribution is 2.23. The van der Waals surface area contributed by atoms with Crippen LogP contribution in [-0.4, -0.2) is 37.9 Å². The van der Waals surface area contributed by atoms with Gasteiger partial charge in [-0.05, 0) is 85.5 Å². The zero-order valence-corrected chi connectivity index (χ0v) is 27.1. The Morgan fingerprint density at radius 3 is 1.67 bits per heavy atom. The van der Waals surface area contributed by atoms with Crippen molar-refractivity contribution in [3.63, 3.8) is 0 Å². The van der Waals surface area contributed by atoms with Gasteiger partial charge in [0.15, 0.2) is 0 Å². The molecule has 3 aromatic carbocycles. The first-order valence-electron chi connectivity index (χ1n) is 16.3. The van der Waals surface area contributed by atoms with Crippen LogP contribution in [0.25, 0.3) is 6.08 Å². The first-order valence-corrected chi connectivity index (χ1v) is 16.3. The van der Waals surface area contributed by atoms with E-state index in [0.717, 1.165) is 56.3 Å². The Hall–Kier alpha value is -4.67. The molecule has 0 aliphatic carbocycles. The minimum Gasteiger partial charge on any atom is -0.494 e. The maximum atomic E-state index is 12.2. The van der Waals surface area contributed by atoms with Gasteiger partial charge in [-0.15, -0.1) is 0 Å². The maximum Gasteiger partial charge on any atom is 0.389 e. The summed E-state index contributed by atoms with van der Waals surface area (Å²) in [5.41, 5.74) is 13.5. The fourth-order valence-corrected chi connectivity index (χ4v) is 4.73. The first kappa shape index (κ1) is 37.8. The Kier molecular flexibility index (Phi) is 16.2. The normalized spacial score (nSPS) is 11.4. The lowest BCUT2D eigenvalue weighted by Gasteiger charge is -2.08. The number of alkyl halides is 3. The van der Waals surface area contributed by atoms with E-state index in [1.807, 2.05) is 24.3 Å².